The van der Waals surface area contributed by atoms with Crippen LogP contribution >= 0.6 is 11.8 Å². The van der Waals surface area contributed by atoms with Crippen LogP contribution in [-0.4, -0.2) is 26.4 Å². The Morgan fingerprint density at radius 2 is 1.54 bits per heavy atom. The number of carbonyl (C=O) groups excluding carboxylic acids is 1. The van der Waals surface area contributed by atoms with Crippen molar-refractivity contribution in [3.05, 3.63) is 120 Å². The fraction of sp³-hybridized carbons (Fsp3) is 0.107. The van der Waals surface area contributed by atoms with Gasteiger partial charge in [0.05, 0.1) is 18.1 Å². The van der Waals surface area contributed by atoms with Crippen LogP contribution in [0.2, 0.25) is 0 Å². The predicted octanol–water partition coefficient (Wildman–Crippen LogP) is 5.83. The predicted molar refractivity (Wildman–Crippen MR) is 137 cm³/mol. The Bertz CT molecular complexity index is 1340. The summed E-state index contributed by atoms with van der Waals surface area (Å²) in [6, 6.07) is 31.5. The van der Waals surface area contributed by atoms with Gasteiger partial charge in [-0.25, -0.2) is 0 Å². The van der Waals surface area contributed by atoms with Crippen molar-refractivity contribution in [2.75, 3.05) is 5.75 Å². The average molecular weight is 481 g/mol. The number of amides is 1. The van der Waals surface area contributed by atoms with Crippen LogP contribution in [0, 0.1) is 6.92 Å². The summed E-state index contributed by atoms with van der Waals surface area (Å²) in [6.45, 7) is 2.04. The van der Waals surface area contributed by atoms with Crippen molar-refractivity contribution < 1.29 is 9.21 Å². The first-order chi connectivity index (χ1) is 17.2. The van der Waals surface area contributed by atoms with Crippen molar-refractivity contribution in [2.45, 2.75) is 18.1 Å². The molecule has 3 aromatic carbocycles. The summed E-state index contributed by atoms with van der Waals surface area (Å²) in [7, 11) is 0. The molecule has 2 heterocycles. The van der Waals surface area contributed by atoms with Crippen LogP contribution in [0.4, 0.5) is 0 Å². The van der Waals surface area contributed by atoms with Crippen LogP contribution in [0.1, 0.15) is 22.7 Å². The SMILES string of the molecule is Cc1ccc(-n2c(SCC(=O)NC(c3ccccc3)c3ccccc3)nnc2-c2ccco2)cc1. The van der Waals surface area contributed by atoms with Gasteiger partial charge in [0.2, 0.25) is 11.7 Å². The van der Waals surface area contributed by atoms with Gasteiger partial charge >= 0.3 is 0 Å². The van der Waals surface area contributed by atoms with Gasteiger partial charge in [0, 0.05) is 5.69 Å². The highest BCUT2D eigenvalue weighted by molar-refractivity contribution is 7.99. The molecule has 0 aliphatic carbocycles. The molecule has 1 amide bonds. The molecule has 0 saturated heterocycles. The van der Waals surface area contributed by atoms with E-state index in [1.54, 1.807) is 6.26 Å². The van der Waals surface area contributed by atoms with E-state index in [0.717, 1.165) is 22.4 Å². The van der Waals surface area contributed by atoms with Crippen LogP contribution in [0.3, 0.4) is 0 Å². The molecule has 0 bridgehead atoms. The quantitative estimate of drug-likeness (QED) is 0.283. The summed E-state index contributed by atoms with van der Waals surface area (Å²) >= 11 is 1.34. The molecule has 7 heteroatoms. The van der Waals surface area contributed by atoms with E-state index in [4.69, 9.17) is 4.42 Å². The van der Waals surface area contributed by atoms with Crippen molar-refractivity contribution in [1.82, 2.24) is 20.1 Å². The number of rotatable bonds is 8. The number of nitrogens with one attached hydrogen (secondary N) is 1. The molecule has 35 heavy (non-hydrogen) atoms. The molecule has 0 fully saturated rings. The van der Waals surface area contributed by atoms with E-state index in [2.05, 4.69) is 15.5 Å². The number of benzene rings is 3. The van der Waals surface area contributed by atoms with Crippen molar-refractivity contribution in [3.8, 4) is 17.3 Å². The molecule has 0 saturated carbocycles. The van der Waals surface area contributed by atoms with Crippen molar-refractivity contribution in [3.63, 3.8) is 0 Å². The second-order valence-electron chi connectivity index (χ2n) is 8.07. The Hall–Kier alpha value is -4.10. The molecule has 5 aromatic rings. The second kappa shape index (κ2) is 10.4. The smallest absolute Gasteiger partial charge is 0.231 e. The summed E-state index contributed by atoms with van der Waals surface area (Å²) in [5, 5.41) is 12.5. The molecule has 2 aromatic heterocycles. The van der Waals surface area contributed by atoms with Crippen LogP contribution in [0.25, 0.3) is 17.3 Å². The van der Waals surface area contributed by atoms with Crippen LogP contribution in [0.5, 0.6) is 0 Å². The van der Waals surface area contributed by atoms with E-state index in [0.29, 0.717) is 16.7 Å². The van der Waals surface area contributed by atoms with E-state index in [9.17, 15) is 4.79 Å². The van der Waals surface area contributed by atoms with Crippen LogP contribution < -0.4 is 5.32 Å². The van der Waals surface area contributed by atoms with Gasteiger partial charge in [-0.05, 0) is 42.3 Å². The molecule has 0 radical (unpaired) electrons. The van der Waals surface area contributed by atoms with E-state index >= 15 is 0 Å². The molecule has 1 N–H and O–H groups in total. The van der Waals surface area contributed by atoms with Crippen LogP contribution in [-0.2, 0) is 4.79 Å². The number of hydrogen-bond donors (Lipinski definition) is 1. The third kappa shape index (κ3) is 5.20. The van der Waals surface area contributed by atoms with E-state index in [1.165, 1.54) is 11.8 Å². The highest BCUT2D eigenvalue weighted by atomic mass is 32.2. The molecule has 174 valence electrons. The fourth-order valence-electron chi connectivity index (χ4n) is 3.84. The summed E-state index contributed by atoms with van der Waals surface area (Å²) in [5.74, 6) is 1.31. The van der Waals surface area contributed by atoms with Gasteiger partial charge in [0.15, 0.2) is 10.9 Å². The van der Waals surface area contributed by atoms with Gasteiger partial charge in [-0.2, -0.15) is 0 Å². The van der Waals surface area contributed by atoms with Gasteiger partial charge < -0.3 is 9.73 Å². The van der Waals surface area contributed by atoms with Gasteiger partial charge in [-0.3, -0.25) is 9.36 Å². The van der Waals surface area contributed by atoms with E-state index < -0.39 is 0 Å². The summed E-state index contributed by atoms with van der Waals surface area (Å²) in [4.78, 5) is 13.1. The zero-order valence-electron chi connectivity index (χ0n) is 19.2. The number of carbonyl (C=O) groups is 1. The van der Waals surface area contributed by atoms with Gasteiger partial charge in [0.1, 0.15) is 0 Å². The number of furan rings is 1. The molecule has 0 atom stereocenters. The highest BCUT2D eigenvalue weighted by Crippen LogP contribution is 2.29. The van der Waals surface area contributed by atoms with Crippen molar-refractivity contribution in [1.29, 1.82) is 0 Å². The Labute approximate surface area is 208 Å². The summed E-state index contributed by atoms with van der Waals surface area (Å²) in [5.41, 5.74) is 4.11. The van der Waals surface area contributed by atoms with Gasteiger partial charge in [0.25, 0.3) is 0 Å². The first-order valence-corrected chi connectivity index (χ1v) is 12.3. The average Bonchev–Trinajstić information content (AvgIpc) is 3.58. The summed E-state index contributed by atoms with van der Waals surface area (Å²) < 4.78 is 7.50. The molecular weight excluding hydrogens is 456 g/mol. The lowest BCUT2D eigenvalue weighted by Gasteiger charge is -2.20. The van der Waals surface area contributed by atoms with Gasteiger partial charge in [-0.1, -0.05) is 90.1 Å². The molecule has 6 nitrogen and oxygen atoms in total. The molecule has 0 aliphatic heterocycles. The van der Waals surface area contributed by atoms with Crippen molar-refractivity contribution in [2.24, 2.45) is 0 Å². The lowest BCUT2D eigenvalue weighted by atomic mass is 9.99. The maximum Gasteiger partial charge on any atom is 0.231 e. The second-order valence-corrected chi connectivity index (χ2v) is 9.01. The largest absolute Gasteiger partial charge is 0.461 e. The molecule has 5 rings (SSSR count). The monoisotopic (exact) mass is 480 g/mol. The molecule has 0 spiro atoms. The Morgan fingerprint density at radius 3 is 2.14 bits per heavy atom. The normalized spacial score (nSPS) is 11.0. The number of hydrogen-bond acceptors (Lipinski definition) is 5. The number of thioether (sulfide) groups is 1. The molecular formula is C28H24N4O2S. The Kier molecular flexibility index (Phi) is 6.77. The fourth-order valence-corrected chi connectivity index (χ4v) is 4.60. The minimum absolute atomic E-state index is 0.0919. The Morgan fingerprint density at radius 1 is 0.886 bits per heavy atom. The maximum atomic E-state index is 13.1. The number of nitrogens with zero attached hydrogens (tertiary/aromatic N) is 3. The zero-order valence-corrected chi connectivity index (χ0v) is 20.0. The van der Waals surface area contributed by atoms with Crippen LogP contribution in [0.15, 0.2) is 113 Å². The maximum absolute atomic E-state index is 13.1. The standard InChI is InChI=1S/C28H24N4O2S/c1-20-14-16-23(17-15-20)32-27(24-13-8-18-34-24)30-31-28(32)35-19-25(33)29-26(21-9-4-2-5-10-21)22-11-6-3-7-12-22/h2-18,26H,19H2,1H3,(H,29,33). The first kappa shape index (κ1) is 22.7. The Balaban J connectivity index is 1.38. The topological polar surface area (TPSA) is 73.0 Å². The van der Waals surface area contributed by atoms with Crippen molar-refractivity contribution >= 4 is 17.7 Å². The number of aromatic nitrogens is 3. The minimum Gasteiger partial charge on any atom is -0.461 e. The zero-order chi connectivity index (χ0) is 24.0. The molecule has 0 aliphatic rings. The third-order valence-electron chi connectivity index (χ3n) is 5.57. The van der Waals surface area contributed by atoms with Gasteiger partial charge in [-0.15, -0.1) is 10.2 Å². The first-order valence-electron chi connectivity index (χ1n) is 11.3. The number of aryl methyl sites for hydroxylation is 1. The summed E-state index contributed by atoms with van der Waals surface area (Å²) in [6.07, 6.45) is 1.61. The van der Waals surface area contributed by atoms with E-state index in [-0.39, 0.29) is 17.7 Å². The highest BCUT2D eigenvalue weighted by Gasteiger charge is 2.21. The minimum atomic E-state index is -0.237. The lowest BCUT2D eigenvalue weighted by molar-refractivity contribution is -0.119. The lowest BCUT2D eigenvalue weighted by Crippen LogP contribution is -2.30. The molecule has 0 unspecified atom stereocenters. The van der Waals surface area contributed by atoms with E-state index in [1.807, 2.05) is 109 Å². The third-order valence-corrected chi connectivity index (χ3v) is 6.50.